The fourth-order valence-corrected chi connectivity index (χ4v) is 1.67. The van der Waals surface area contributed by atoms with Crippen LogP contribution in [0.1, 0.15) is 11.1 Å². The van der Waals surface area contributed by atoms with Gasteiger partial charge in [-0.3, -0.25) is 0 Å². The molecule has 0 radical (unpaired) electrons. The Hall–Kier alpha value is -2.02. The molecule has 0 spiro atoms. The molecule has 4 nitrogen and oxygen atoms in total. The maximum Gasteiger partial charge on any atom is 0.207 e. The topological polar surface area (TPSA) is 67.6 Å². The van der Waals surface area contributed by atoms with Gasteiger partial charge in [0.1, 0.15) is 0 Å². The molecule has 0 fully saturated rings. The lowest BCUT2D eigenvalue weighted by Crippen LogP contribution is -1.92. The summed E-state index contributed by atoms with van der Waals surface area (Å²) < 4.78 is 1.27. The molecule has 14 heavy (non-hydrogen) atoms. The van der Waals surface area contributed by atoms with Crippen molar-refractivity contribution >= 4 is 16.7 Å². The number of benzene rings is 1. The van der Waals surface area contributed by atoms with Crippen molar-refractivity contribution < 1.29 is 0 Å². The monoisotopic (exact) mass is 186 g/mol. The van der Waals surface area contributed by atoms with E-state index in [0.717, 1.165) is 22.0 Å². The Morgan fingerprint density at radius 1 is 1.36 bits per heavy atom. The zero-order valence-corrected chi connectivity index (χ0v) is 8.07. The molecule has 2 aromatic rings. The minimum Gasteiger partial charge on any atom is -0.382 e. The summed E-state index contributed by atoms with van der Waals surface area (Å²) in [4.78, 5) is 0. The molecular formula is C10H10N4. The van der Waals surface area contributed by atoms with Crippen LogP contribution in [-0.4, -0.2) is 9.78 Å². The third-order valence-electron chi connectivity index (χ3n) is 2.36. The molecule has 0 unspecified atom stereocenters. The SMILES string of the molecule is Cc1ccc(C)c2c1c(N)nn2C#N. The molecule has 0 aliphatic heterocycles. The molecule has 0 saturated heterocycles. The van der Waals surface area contributed by atoms with E-state index < -0.39 is 0 Å². The van der Waals surface area contributed by atoms with E-state index in [2.05, 4.69) is 5.10 Å². The van der Waals surface area contributed by atoms with Crippen LogP contribution in [0.25, 0.3) is 10.9 Å². The van der Waals surface area contributed by atoms with Crippen molar-refractivity contribution in [3.8, 4) is 6.19 Å². The van der Waals surface area contributed by atoms with Crippen LogP contribution < -0.4 is 5.73 Å². The molecule has 1 aromatic carbocycles. The van der Waals surface area contributed by atoms with Crippen LogP contribution in [0, 0.1) is 25.3 Å². The maximum absolute atomic E-state index is 8.86. The quantitative estimate of drug-likeness (QED) is 0.678. The average Bonchev–Trinajstić information content (AvgIpc) is 2.50. The van der Waals surface area contributed by atoms with Gasteiger partial charge in [-0.2, -0.15) is 9.94 Å². The molecule has 0 amide bonds. The highest BCUT2D eigenvalue weighted by Crippen LogP contribution is 2.26. The lowest BCUT2D eigenvalue weighted by atomic mass is 10.1. The van der Waals surface area contributed by atoms with Crippen molar-refractivity contribution in [1.29, 1.82) is 5.26 Å². The lowest BCUT2D eigenvalue weighted by molar-refractivity contribution is 0.931. The third kappa shape index (κ3) is 0.958. The van der Waals surface area contributed by atoms with Gasteiger partial charge in [0.2, 0.25) is 6.19 Å². The fourth-order valence-electron chi connectivity index (χ4n) is 1.67. The summed E-state index contributed by atoms with van der Waals surface area (Å²) in [5.41, 5.74) is 8.61. The molecular weight excluding hydrogens is 176 g/mol. The van der Waals surface area contributed by atoms with Gasteiger partial charge in [0.05, 0.1) is 5.52 Å². The number of aryl methyl sites for hydroxylation is 2. The Labute approximate surface area is 81.5 Å². The first-order valence-electron chi connectivity index (χ1n) is 4.29. The first kappa shape index (κ1) is 8.57. The standard InChI is InChI=1S/C10H10N4/c1-6-3-4-7(2)9-8(6)10(12)13-14(9)5-11/h3-4H,1-2H3,(H2,12,13). The number of hydrogen-bond acceptors (Lipinski definition) is 3. The smallest absolute Gasteiger partial charge is 0.207 e. The van der Waals surface area contributed by atoms with E-state index >= 15 is 0 Å². The second-order valence-corrected chi connectivity index (χ2v) is 3.32. The molecule has 0 bridgehead atoms. The molecule has 4 heteroatoms. The van der Waals surface area contributed by atoms with Gasteiger partial charge in [-0.1, -0.05) is 12.1 Å². The maximum atomic E-state index is 8.86. The normalized spacial score (nSPS) is 10.4. The largest absolute Gasteiger partial charge is 0.382 e. The summed E-state index contributed by atoms with van der Waals surface area (Å²) in [5, 5.41) is 13.7. The predicted molar refractivity (Wildman–Crippen MR) is 54.6 cm³/mol. The van der Waals surface area contributed by atoms with Crippen LogP contribution in [0.2, 0.25) is 0 Å². The number of nitrogens with zero attached hydrogens (tertiary/aromatic N) is 3. The molecule has 1 heterocycles. The lowest BCUT2D eigenvalue weighted by Gasteiger charge is -1.99. The van der Waals surface area contributed by atoms with Crippen LogP contribution in [0.15, 0.2) is 12.1 Å². The molecule has 2 N–H and O–H groups in total. The molecule has 0 atom stereocenters. The van der Waals surface area contributed by atoms with Crippen LogP contribution in [-0.2, 0) is 0 Å². The van der Waals surface area contributed by atoms with Crippen molar-refractivity contribution in [2.24, 2.45) is 0 Å². The van der Waals surface area contributed by atoms with Crippen LogP contribution in [0.4, 0.5) is 5.82 Å². The van der Waals surface area contributed by atoms with Crippen molar-refractivity contribution in [1.82, 2.24) is 9.78 Å². The Morgan fingerprint density at radius 3 is 2.64 bits per heavy atom. The van der Waals surface area contributed by atoms with E-state index in [4.69, 9.17) is 11.0 Å². The van der Waals surface area contributed by atoms with Crippen LogP contribution in [0.5, 0.6) is 0 Å². The van der Waals surface area contributed by atoms with E-state index in [1.165, 1.54) is 4.68 Å². The molecule has 2 rings (SSSR count). The average molecular weight is 186 g/mol. The molecule has 70 valence electrons. The number of nitriles is 1. The third-order valence-corrected chi connectivity index (χ3v) is 2.36. The number of nitrogen functional groups attached to an aromatic ring is 1. The van der Waals surface area contributed by atoms with Crippen LogP contribution in [0.3, 0.4) is 0 Å². The first-order chi connectivity index (χ1) is 6.65. The Bertz CT molecular complexity index is 545. The molecule has 0 aliphatic rings. The van der Waals surface area contributed by atoms with Gasteiger partial charge in [-0.25, -0.2) is 0 Å². The Morgan fingerprint density at radius 2 is 2.00 bits per heavy atom. The summed E-state index contributed by atoms with van der Waals surface area (Å²) in [7, 11) is 0. The number of anilines is 1. The highest BCUT2D eigenvalue weighted by atomic mass is 15.3. The summed E-state index contributed by atoms with van der Waals surface area (Å²) in [6.07, 6.45) is 1.98. The second kappa shape index (κ2) is 2.74. The van der Waals surface area contributed by atoms with Gasteiger partial charge in [-0.15, -0.1) is 5.10 Å². The van der Waals surface area contributed by atoms with E-state index in [9.17, 15) is 0 Å². The van der Waals surface area contributed by atoms with E-state index in [-0.39, 0.29) is 0 Å². The molecule has 0 aliphatic carbocycles. The summed E-state index contributed by atoms with van der Waals surface area (Å²) in [5.74, 6) is 0.419. The molecule has 0 saturated carbocycles. The van der Waals surface area contributed by atoms with E-state index in [1.807, 2.05) is 32.2 Å². The Balaban J connectivity index is 3.04. The Kier molecular flexibility index (Phi) is 1.68. The van der Waals surface area contributed by atoms with Crippen LogP contribution >= 0.6 is 0 Å². The van der Waals surface area contributed by atoms with Gasteiger partial charge in [0.15, 0.2) is 5.82 Å². The number of hydrogen-bond donors (Lipinski definition) is 1. The van der Waals surface area contributed by atoms with Gasteiger partial charge in [0, 0.05) is 5.39 Å². The van der Waals surface area contributed by atoms with Crippen molar-refractivity contribution in [3.05, 3.63) is 23.3 Å². The molecule has 1 aromatic heterocycles. The van der Waals surface area contributed by atoms with Gasteiger partial charge in [-0.05, 0) is 25.0 Å². The van der Waals surface area contributed by atoms with Gasteiger partial charge < -0.3 is 5.73 Å². The highest BCUT2D eigenvalue weighted by molar-refractivity contribution is 5.94. The van der Waals surface area contributed by atoms with E-state index in [0.29, 0.717) is 5.82 Å². The van der Waals surface area contributed by atoms with Gasteiger partial charge in [0.25, 0.3) is 0 Å². The fraction of sp³-hybridized carbons (Fsp3) is 0.200. The predicted octanol–water partition coefficient (Wildman–Crippen LogP) is 1.56. The first-order valence-corrected chi connectivity index (χ1v) is 4.29. The summed E-state index contributed by atoms with van der Waals surface area (Å²) >= 11 is 0. The number of rotatable bonds is 0. The minimum atomic E-state index is 0.419. The van der Waals surface area contributed by atoms with Crippen molar-refractivity contribution in [2.45, 2.75) is 13.8 Å². The number of nitrogens with two attached hydrogens (primary N) is 1. The zero-order chi connectivity index (χ0) is 10.3. The number of fused-ring (bicyclic) bond motifs is 1. The minimum absolute atomic E-state index is 0.419. The van der Waals surface area contributed by atoms with E-state index in [1.54, 1.807) is 0 Å². The highest BCUT2D eigenvalue weighted by Gasteiger charge is 2.11. The number of aromatic nitrogens is 2. The van der Waals surface area contributed by atoms with Crippen molar-refractivity contribution in [3.63, 3.8) is 0 Å². The summed E-state index contributed by atoms with van der Waals surface area (Å²) in [6, 6.07) is 3.95. The van der Waals surface area contributed by atoms with Gasteiger partial charge >= 0.3 is 0 Å². The zero-order valence-electron chi connectivity index (χ0n) is 8.07. The van der Waals surface area contributed by atoms with Crippen molar-refractivity contribution in [2.75, 3.05) is 5.73 Å². The second-order valence-electron chi connectivity index (χ2n) is 3.32. The summed E-state index contributed by atoms with van der Waals surface area (Å²) in [6.45, 7) is 3.90.